The number of likely N-dealkylation sites (N-methyl/N-ethyl adjacent to an activating group) is 1. The lowest BCUT2D eigenvalue weighted by molar-refractivity contribution is -0.137. The zero-order valence-corrected chi connectivity index (χ0v) is 24.3. The number of anilines is 2. The van der Waals surface area contributed by atoms with E-state index in [1.807, 2.05) is 16.8 Å². The fourth-order valence-corrected chi connectivity index (χ4v) is 6.10. The Morgan fingerprint density at radius 1 is 1.18 bits per heavy atom. The molecule has 2 N–H and O–H groups in total. The van der Waals surface area contributed by atoms with Crippen molar-refractivity contribution in [3.8, 4) is 23.6 Å². The van der Waals surface area contributed by atoms with Crippen molar-refractivity contribution in [2.45, 2.75) is 50.4 Å². The van der Waals surface area contributed by atoms with Crippen LogP contribution in [0.2, 0.25) is 0 Å². The van der Waals surface area contributed by atoms with Gasteiger partial charge in [0.15, 0.2) is 5.82 Å². The summed E-state index contributed by atoms with van der Waals surface area (Å²) >= 11 is 0. The monoisotopic (exact) mass is 610 g/mol. The molecule has 4 aromatic rings. The van der Waals surface area contributed by atoms with Crippen LogP contribution in [0.1, 0.15) is 43.7 Å². The van der Waals surface area contributed by atoms with Gasteiger partial charge in [0.1, 0.15) is 22.8 Å². The van der Waals surface area contributed by atoms with E-state index in [1.54, 1.807) is 6.92 Å². The molecule has 1 atom stereocenters. The first-order chi connectivity index (χ1) is 20.9. The maximum atomic E-state index is 16.7. The number of alkyl halides is 3. The number of aliphatic hydroxyl groups is 1. The van der Waals surface area contributed by atoms with Crippen molar-refractivity contribution in [1.82, 2.24) is 20.3 Å². The normalized spacial score (nSPS) is 18.6. The Balaban J connectivity index is 1.58. The molecule has 0 saturated carbocycles. The fourth-order valence-electron chi connectivity index (χ4n) is 6.10. The summed E-state index contributed by atoms with van der Waals surface area (Å²) in [7, 11) is 1.83. The summed E-state index contributed by atoms with van der Waals surface area (Å²) in [6.45, 7) is 4.08. The second-order valence-electron chi connectivity index (χ2n) is 11.9. The lowest BCUT2D eigenvalue weighted by Gasteiger charge is -2.36. The summed E-state index contributed by atoms with van der Waals surface area (Å²) < 4.78 is 73.4. The van der Waals surface area contributed by atoms with Gasteiger partial charge in [-0.2, -0.15) is 18.2 Å². The van der Waals surface area contributed by atoms with Gasteiger partial charge < -0.3 is 20.2 Å². The number of pyridine rings is 1. The predicted molar refractivity (Wildman–Crippen MR) is 159 cm³/mol. The number of aromatic nitrogens is 3. The van der Waals surface area contributed by atoms with Crippen LogP contribution in [-0.4, -0.2) is 64.9 Å². The second kappa shape index (κ2) is 11.1. The Morgan fingerprint density at radius 2 is 1.93 bits per heavy atom. The zero-order valence-electron chi connectivity index (χ0n) is 24.3. The summed E-state index contributed by atoms with van der Waals surface area (Å²) in [5, 5.41) is 14.1. The molecule has 0 radical (unpaired) electrons. The summed E-state index contributed by atoms with van der Waals surface area (Å²) in [5.74, 6) is 1.06. The largest absolute Gasteiger partial charge is 0.416 e. The van der Waals surface area contributed by atoms with Crippen molar-refractivity contribution in [3.05, 3.63) is 53.2 Å². The third-order valence-electron chi connectivity index (χ3n) is 8.59. The van der Waals surface area contributed by atoms with E-state index in [9.17, 15) is 22.7 Å². The predicted octanol–water partition coefficient (Wildman–Crippen LogP) is 5.66. The molecule has 2 aromatic carbocycles. The number of fused-ring (bicyclic) bond motifs is 2. The lowest BCUT2D eigenvalue weighted by atomic mass is 9.93. The van der Waals surface area contributed by atoms with Crippen molar-refractivity contribution in [2.24, 2.45) is 0 Å². The van der Waals surface area contributed by atoms with Crippen LogP contribution in [0.25, 0.3) is 32.9 Å². The third-order valence-corrected chi connectivity index (χ3v) is 8.59. The highest BCUT2D eigenvalue weighted by atomic mass is 19.4. The molecule has 0 bridgehead atoms. The smallest absolute Gasteiger partial charge is 0.390 e. The summed E-state index contributed by atoms with van der Waals surface area (Å²) in [4.78, 5) is 17.4. The van der Waals surface area contributed by atoms with Crippen LogP contribution in [0.4, 0.5) is 33.7 Å². The van der Waals surface area contributed by atoms with Gasteiger partial charge in [-0.15, -0.1) is 6.42 Å². The number of halogens is 5. The third kappa shape index (κ3) is 5.50. The van der Waals surface area contributed by atoms with Crippen LogP contribution < -0.4 is 15.1 Å². The summed E-state index contributed by atoms with van der Waals surface area (Å²) in [5.41, 5.74) is -3.06. The van der Waals surface area contributed by atoms with E-state index in [4.69, 9.17) is 11.4 Å². The topological polar surface area (TPSA) is 77.4 Å². The number of benzene rings is 2. The molecule has 0 amide bonds. The number of nitrogens with zero attached hydrogens (tertiary/aromatic N) is 5. The number of terminal acetylenes is 1. The average molecular weight is 611 g/mol. The van der Waals surface area contributed by atoms with Gasteiger partial charge in [-0.25, -0.2) is 13.8 Å². The zero-order chi connectivity index (χ0) is 31.4. The first kappa shape index (κ1) is 30.0. The van der Waals surface area contributed by atoms with Crippen LogP contribution in [0, 0.1) is 24.0 Å². The quantitative estimate of drug-likeness (QED) is 0.223. The first-order valence-electron chi connectivity index (χ1n) is 14.4. The molecule has 44 heavy (non-hydrogen) atoms. The summed E-state index contributed by atoms with van der Waals surface area (Å²) in [6.07, 6.45) is 5.05. The number of rotatable bonds is 5. The summed E-state index contributed by atoms with van der Waals surface area (Å²) in [6, 6.07) is 3.96. The van der Waals surface area contributed by atoms with E-state index in [0.29, 0.717) is 38.3 Å². The van der Waals surface area contributed by atoms with Gasteiger partial charge in [-0.05, 0) is 62.7 Å². The molecular formula is C32H31F5N6O. The first-order valence-corrected chi connectivity index (χ1v) is 14.4. The van der Waals surface area contributed by atoms with Crippen LogP contribution in [0.3, 0.4) is 0 Å². The minimum Gasteiger partial charge on any atom is -0.390 e. The maximum absolute atomic E-state index is 16.7. The van der Waals surface area contributed by atoms with Gasteiger partial charge in [-0.3, -0.25) is 4.98 Å². The molecule has 0 spiro atoms. The van der Waals surface area contributed by atoms with Crippen LogP contribution in [0.5, 0.6) is 0 Å². The highest BCUT2D eigenvalue weighted by Crippen LogP contribution is 2.41. The van der Waals surface area contributed by atoms with Gasteiger partial charge in [0, 0.05) is 49.9 Å². The van der Waals surface area contributed by atoms with Crippen LogP contribution in [0.15, 0.2) is 30.5 Å². The molecule has 6 rings (SSSR count). The number of piperidine rings is 1. The molecule has 7 nitrogen and oxygen atoms in total. The number of hydrogen-bond donors (Lipinski definition) is 2. The standard InChI is InChI=1S/C32H31F5N6O/c1-4-21-24(33)8-7-18-14-19(32(35,36)37)15-22(25(18)21)27-26(34)28-23(16-39-27)29(42(3)17-20-6-5-11-38-20)41-30(40-28)43-12-9-31(2,44)10-13-43/h1,7-8,14-16,20,38,44H,5-6,9-13,17H2,2-3H3/t20-/m0/s1. The number of nitrogens with one attached hydrogen (secondary N) is 1. The Hall–Kier alpha value is -4.08. The molecule has 2 aliphatic heterocycles. The minimum absolute atomic E-state index is 0.00120. The lowest BCUT2D eigenvalue weighted by Crippen LogP contribution is -2.43. The fraction of sp³-hybridized carbons (Fsp3) is 0.406. The molecular weight excluding hydrogens is 579 g/mol. The van der Waals surface area contributed by atoms with Gasteiger partial charge >= 0.3 is 6.18 Å². The molecule has 230 valence electrons. The SMILES string of the molecule is C#Cc1c(F)ccc2cc(C(F)(F)F)cc(-c3ncc4c(N(C)C[C@@H]5CCCN5)nc(N5CCC(C)(O)CC5)nc4c3F)c12. The van der Waals surface area contributed by atoms with Crippen molar-refractivity contribution in [3.63, 3.8) is 0 Å². The highest BCUT2D eigenvalue weighted by Gasteiger charge is 2.34. The molecule has 2 aromatic heterocycles. The van der Waals surface area contributed by atoms with Gasteiger partial charge in [0.2, 0.25) is 5.95 Å². The van der Waals surface area contributed by atoms with E-state index in [-0.39, 0.29) is 44.8 Å². The van der Waals surface area contributed by atoms with Crippen molar-refractivity contribution in [1.29, 1.82) is 0 Å². The van der Waals surface area contributed by atoms with E-state index in [1.165, 1.54) is 12.3 Å². The molecule has 4 heterocycles. The molecule has 2 fully saturated rings. The van der Waals surface area contributed by atoms with Crippen LogP contribution in [-0.2, 0) is 6.18 Å². The second-order valence-corrected chi connectivity index (χ2v) is 11.9. The highest BCUT2D eigenvalue weighted by molar-refractivity contribution is 6.02. The molecule has 12 heteroatoms. The van der Waals surface area contributed by atoms with Gasteiger partial charge in [-0.1, -0.05) is 12.0 Å². The Bertz CT molecular complexity index is 1790. The van der Waals surface area contributed by atoms with Gasteiger partial charge in [0.05, 0.1) is 22.1 Å². The Morgan fingerprint density at radius 3 is 2.59 bits per heavy atom. The number of hydrogen-bond acceptors (Lipinski definition) is 7. The maximum Gasteiger partial charge on any atom is 0.416 e. The average Bonchev–Trinajstić information content (AvgIpc) is 3.49. The molecule has 2 saturated heterocycles. The van der Waals surface area contributed by atoms with E-state index in [2.05, 4.69) is 21.2 Å². The van der Waals surface area contributed by atoms with Crippen molar-refractivity contribution >= 4 is 33.4 Å². The van der Waals surface area contributed by atoms with E-state index < -0.39 is 34.7 Å². The van der Waals surface area contributed by atoms with Crippen LogP contribution >= 0.6 is 0 Å². The van der Waals surface area contributed by atoms with Crippen molar-refractivity contribution < 1.29 is 27.1 Å². The van der Waals surface area contributed by atoms with E-state index in [0.717, 1.165) is 37.6 Å². The van der Waals surface area contributed by atoms with E-state index >= 15 is 4.39 Å². The van der Waals surface area contributed by atoms with Crippen molar-refractivity contribution in [2.75, 3.05) is 43.0 Å². The van der Waals surface area contributed by atoms with Gasteiger partial charge in [0.25, 0.3) is 0 Å². The molecule has 2 aliphatic rings. The molecule has 0 unspecified atom stereocenters. The minimum atomic E-state index is -4.77. The Labute approximate surface area is 251 Å². The molecule has 0 aliphatic carbocycles. The Kier molecular flexibility index (Phi) is 7.58.